The molecule has 0 saturated carbocycles. The number of nitrogens with zero attached hydrogens (tertiary/aromatic N) is 3. The van der Waals surface area contributed by atoms with Crippen LogP contribution in [0.4, 0.5) is 0 Å². The minimum absolute atomic E-state index is 0.671. The second-order valence-corrected chi connectivity index (χ2v) is 13.8. The van der Waals surface area contributed by atoms with Crippen LogP contribution in [0.25, 0.3) is 109 Å². The van der Waals surface area contributed by atoms with Gasteiger partial charge in [0.15, 0.2) is 17.5 Å². The number of benzene rings is 8. The number of rotatable bonds is 3. The second kappa shape index (κ2) is 10.1. The van der Waals surface area contributed by atoms with Crippen LogP contribution in [-0.2, 0) is 0 Å². The van der Waals surface area contributed by atoms with E-state index in [9.17, 15) is 0 Å². The summed E-state index contributed by atoms with van der Waals surface area (Å²) in [6.45, 7) is 0. The monoisotopic (exact) mass is 639 g/mol. The lowest BCUT2D eigenvalue weighted by Gasteiger charge is -2.12. The molecule has 1 aliphatic carbocycles. The molecule has 4 heteroatoms. The maximum absolute atomic E-state index is 5.28. The van der Waals surface area contributed by atoms with Gasteiger partial charge in [-0.1, -0.05) is 133 Å². The standard InChI is InChI=1S/C45H25N3S/c1-3-16-29-26(10-1)12-5-20-33(29)43-46-44(34-21-6-13-27-11-2-4-17-30(27)34)48-45(47-43)35-22-9-23-39-42(35)38-24-36-31-18-7-14-28-15-8-19-32(41(28)31)37(36)25-40(38)49-39/h1-25H. The Morgan fingerprint density at radius 3 is 1.41 bits per heavy atom. The zero-order valence-electron chi connectivity index (χ0n) is 26.2. The Hall–Kier alpha value is -6.23. The largest absolute Gasteiger partial charge is 0.208 e. The van der Waals surface area contributed by atoms with E-state index in [0.29, 0.717) is 17.5 Å². The quantitative estimate of drug-likeness (QED) is 0.193. The summed E-state index contributed by atoms with van der Waals surface area (Å²) in [5.74, 6) is 2.02. The first kappa shape index (κ1) is 26.8. The van der Waals surface area contributed by atoms with E-state index in [0.717, 1.165) is 38.2 Å². The third-order valence-electron chi connectivity index (χ3n) is 10.1. The molecule has 0 aliphatic heterocycles. The van der Waals surface area contributed by atoms with Crippen molar-refractivity contribution in [3.63, 3.8) is 0 Å². The lowest BCUT2D eigenvalue weighted by Crippen LogP contribution is -2.01. The summed E-state index contributed by atoms with van der Waals surface area (Å²) in [5.41, 5.74) is 8.23. The Bertz CT molecular complexity index is 2900. The summed E-state index contributed by atoms with van der Waals surface area (Å²) in [7, 11) is 0. The van der Waals surface area contributed by atoms with Crippen molar-refractivity contribution in [1.82, 2.24) is 15.0 Å². The highest BCUT2D eigenvalue weighted by Gasteiger charge is 2.24. The molecule has 8 aromatic carbocycles. The maximum atomic E-state index is 5.28. The van der Waals surface area contributed by atoms with Gasteiger partial charge in [-0.25, -0.2) is 15.0 Å². The molecule has 0 atom stereocenters. The fourth-order valence-electron chi connectivity index (χ4n) is 7.87. The topological polar surface area (TPSA) is 38.7 Å². The van der Waals surface area contributed by atoms with Crippen LogP contribution in [0, 0.1) is 0 Å². The van der Waals surface area contributed by atoms with Gasteiger partial charge in [0.1, 0.15) is 0 Å². The molecule has 3 nitrogen and oxygen atoms in total. The molecule has 0 fully saturated rings. The molecule has 1 aliphatic rings. The number of hydrogen-bond donors (Lipinski definition) is 0. The van der Waals surface area contributed by atoms with Crippen molar-refractivity contribution in [2.45, 2.75) is 0 Å². The number of thiophene rings is 1. The van der Waals surface area contributed by atoms with Crippen molar-refractivity contribution in [2.75, 3.05) is 0 Å². The molecular formula is C45H25N3S. The zero-order chi connectivity index (χ0) is 32.1. The summed E-state index contributed by atoms with van der Waals surface area (Å²) in [6, 6.07) is 54.2. The molecule has 0 spiro atoms. The van der Waals surface area contributed by atoms with Gasteiger partial charge >= 0.3 is 0 Å². The summed E-state index contributed by atoms with van der Waals surface area (Å²) < 4.78 is 2.49. The number of aromatic nitrogens is 3. The normalized spacial score (nSPS) is 12.1. The molecule has 49 heavy (non-hydrogen) atoms. The molecule has 2 heterocycles. The average Bonchev–Trinajstić information content (AvgIpc) is 3.69. The second-order valence-electron chi connectivity index (χ2n) is 12.7. The highest BCUT2D eigenvalue weighted by atomic mass is 32.1. The molecule has 0 radical (unpaired) electrons. The lowest BCUT2D eigenvalue weighted by molar-refractivity contribution is 1.08. The van der Waals surface area contributed by atoms with E-state index in [2.05, 4.69) is 152 Å². The number of fused-ring (bicyclic) bond motifs is 8. The SMILES string of the molecule is c1ccc2c(-c3nc(-c4cccc5ccccc45)nc(-c4cccc5sc6cc7c(cc6c45)-c4cccc5cccc-7c45)n3)cccc2c1. The van der Waals surface area contributed by atoms with Crippen LogP contribution in [-0.4, -0.2) is 15.0 Å². The highest BCUT2D eigenvalue weighted by Crippen LogP contribution is 2.51. The van der Waals surface area contributed by atoms with Gasteiger partial charge in [-0.15, -0.1) is 11.3 Å². The fraction of sp³-hybridized carbons (Fsp3) is 0. The third kappa shape index (κ3) is 3.92. The first-order chi connectivity index (χ1) is 24.3. The molecule has 226 valence electrons. The van der Waals surface area contributed by atoms with Crippen molar-refractivity contribution in [3.05, 3.63) is 152 Å². The average molecular weight is 640 g/mol. The summed E-state index contributed by atoms with van der Waals surface area (Å²) in [5, 5.41) is 9.61. The zero-order valence-corrected chi connectivity index (χ0v) is 27.0. The minimum atomic E-state index is 0.671. The Kier molecular flexibility index (Phi) is 5.54. The fourth-order valence-corrected chi connectivity index (χ4v) is 9.03. The van der Waals surface area contributed by atoms with E-state index in [1.807, 2.05) is 11.3 Å². The van der Waals surface area contributed by atoms with Crippen LogP contribution >= 0.6 is 11.3 Å². The highest BCUT2D eigenvalue weighted by molar-refractivity contribution is 7.26. The summed E-state index contributed by atoms with van der Waals surface area (Å²) in [4.78, 5) is 15.8. The van der Waals surface area contributed by atoms with Gasteiger partial charge in [0, 0.05) is 36.9 Å². The Morgan fingerprint density at radius 1 is 0.306 bits per heavy atom. The van der Waals surface area contributed by atoms with Crippen molar-refractivity contribution in [1.29, 1.82) is 0 Å². The van der Waals surface area contributed by atoms with E-state index >= 15 is 0 Å². The van der Waals surface area contributed by atoms with E-state index in [-0.39, 0.29) is 0 Å². The van der Waals surface area contributed by atoms with Gasteiger partial charge in [-0.2, -0.15) is 0 Å². The van der Waals surface area contributed by atoms with Gasteiger partial charge in [-0.05, 0) is 72.8 Å². The molecule has 0 unspecified atom stereocenters. The molecule has 10 aromatic rings. The third-order valence-corrected chi connectivity index (χ3v) is 11.2. The molecule has 0 bridgehead atoms. The van der Waals surface area contributed by atoms with Crippen LogP contribution < -0.4 is 0 Å². The lowest BCUT2D eigenvalue weighted by atomic mass is 9.99. The van der Waals surface area contributed by atoms with Crippen LogP contribution in [0.3, 0.4) is 0 Å². The molecule has 0 N–H and O–H groups in total. The maximum Gasteiger partial charge on any atom is 0.164 e. The van der Waals surface area contributed by atoms with Crippen molar-refractivity contribution in [3.8, 4) is 56.4 Å². The van der Waals surface area contributed by atoms with Gasteiger partial charge < -0.3 is 0 Å². The number of hydrogen-bond acceptors (Lipinski definition) is 4. The summed E-state index contributed by atoms with van der Waals surface area (Å²) in [6.07, 6.45) is 0. The Labute approximate surface area is 285 Å². The van der Waals surface area contributed by atoms with E-state index in [1.165, 1.54) is 53.2 Å². The van der Waals surface area contributed by atoms with E-state index < -0.39 is 0 Å². The van der Waals surface area contributed by atoms with Crippen molar-refractivity contribution >= 4 is 63.8 Å². The van der Waals surface area contributed by atoms with E-state index in [1.54, 1.807) is 0 Å². The van der Waals surface area contributed by atoms with Gasteiger partial charge in [0.05, 0.1) is 0 Å². The van der Waals surface area contributed by atoms with Crippen molar-refractivity contribution < 1.29 is 0 Å². The van der Waals surface area contributed by atoms with Crippen LogP contribution in [0.15, 0.2) is 152 Å². The molecule has 0 amide bonds. The predicted molar refractivity (Wildman–Crippen MR) is 206 cm³/mol. The summed E-state index contributed by atoms with van der Waals surface area (Å²) >= 11 is 1.84. The Morgan fingerprint density at radius 2 is 0.776 bits per heavy atom. The van der Waals surface area contributed by atoms with E-state index in [4.69, 9.17) is 15.0 Å². The first-order valence-electron chi connectivity index (χ1n) is 16.5. The van der Waals surface area contributed by atoms with Crippen LogP contribution in [0.5, 0.6) is 0 Å². The first-order valence-corrected chi connectivity index (χ1v) is 17.3. The molecule has 2 aromatic heterocycles. The predicted octanol–water partition coefficient (Wildman–Crippen LogP) is 12.3. The minimum Gasteiger partial charge on any atom is -0.208 e. The van der Waals surface area contributed by atoms with Crippen molar-refractivity contribution in [2.24, 2.45) is 0 Å². The van der Waals surface area contributed by atoms with Crippen LogP contribution in [0.1, 0.15) is 0 Å². The van der Waals surface area contributed by atoms with Gasteiger partial charge in [0.25, 0.3) is 0 Å². The smallest absolute Gasteiger partial charge is 0.164 e. The van der Waals surface area contributed by atoms with Gasteiger partial charge in [0.2, 0.25) is 0 Å². The van der Waals surface area contributed by atoms with Gasteiger partial charge in [-0.3, -0.25) is 0 Å². The Balaban J connectivity index is 1.20. The van der Waals surface area contributed by atoms with Crippen LogP contribution in [0.2, 0.25) is 0 Å². The molecule has 0 saturated heterocycles. The molecular weight excluding hydrogens is 615 g/mol. The molecule has 11 rings (SSSR count).